The number of carbonyl (C=O) groups excluding carboxylic acids is 2. The number of nitrogens with zero attached hydrogens (tertiary/aromatic N) is 2. The number of nitrogens with one attached hydrogen (secondary N) is 1. The second-order valence-corrected chi connectivity index (χ2v) is 5.15. The Hall–Kier alpha value is -1.10. The van der Waals surface area contributed by atoms with Gasteiger partial charge in [-0.15, -0.1) is 0 Å². The Balaban J connectivity index is 3.86. The van der Waals surface area contributed by atoms with Gasteiger partial charge in [-0.3, -0.25) is 9.59 Å². The number of amides is 2. The van der Waals surface area contributed by atoms with Crippen molar-refractivity contribution in [3.05, 3.63) is 0 Å². The molecule has 5 heteroatoms. The summed E-state index contributed by atoms with van der Waals surface area (Å²) < 4.78 is 0. The first-order valence-electron chi connectivity index (χ1n) is 7.14. The molecule has 0 atom stereocenters. The Morgan fingerprint density at radius 3 is 2.26 bits per heavy atom. The highest BCUT2D eigenvalue weighted by Gasteiger charge is 2.12. The van der Waals surface area contributed by atoms with Gasteiger partial charge in [0.25, 0.3) is 0 Å². The van der Waals surface area contributed by atoms with Crippen LogP contribution in [-0.2, 0) is 9.59 Å². The molecule has 0 aromatic heterocycles. The third-order valence-electron chi connectivity index (χ3n) is 2.92. The molecule has 0 spiro atoms. The lowest BCUT2D eigenvalue weighted by Gasteiger charge is -2.20. The predicted octanol–water partition coefficient (Wildman–Crippen LogP) is 1.09. The smallest absolute Gasteiger partial charge is 0.239 e. The first-order valence-corrected chi connectivity index (χ1v) is 7.14. The molecule has 0 aromatic rings. The molecule has 0 rings (SSSR count). The summed E-state index contributed by atoms with van der Waals surface area (Å²) in [5, 5.41) is 2.85. The Labute approximate surface area is 117 Å². The molecule has 0 heterocycles. The van der Waals surface area contributed by atoms with E-state index in [0.717, 1.165) is 32.2 Å². The van der Waals surface area contributed by atoms with Crippen LogP contribution in [0.25, 0.3) is 0 Å². The molecule has 0 saturated heterocycles. The molecule has 0 aromatic carbocycles. The summed E-state index contributed by atoms with van der Waals surface area (Å²) in [5.41, 5.74) is 0. The van der Waals surface area contributed by atoms with Gasteiger partial charge in [-0.05, 0) is 33.5 Å². The summed E-state index contributed by atoms with van der Waals surface area (Å²) >= 11 is 0. The van der Waals surface area contributed by atoms with Gasteiger partial charge >= 0.3 is 0 Å². The fourth-order valence-corrected chi connectivity index (χ4v) is 1.75. The second-order valence-electron chi connectivity index (χ2n) is 5.15. The summed E-state index contributed by atoms with van der Waals surface area (Å²) in [5.74, 6) is -0.0926. The van der Waals surface area contributed by atoms with Gasteiger partial charge in [0.15, 0.2) is 0 Å². The lowest BCUT2D eigenvalue weighted by Crippen LogP contribution is -2.40. The van der Waals surface area contributed by atoms with Crippen molar-refractivity contribution in [3.63, 3.8) is 0 Å². The lowest BCUT2D eigenvalue weighted by molar-refractivity contribution is -0.134. The van der Waals surface area contributed by atoms with Gasteiger partial charge in [-0.25, -0.2) is 0 Å². The van der Waals surface area contributed by atoms with E-state index < -0.39 is 0 Å². The van der Waals surface area contributed by atoms with Gasteiger partial charge in [0.2, 0.25) is 11.8 Å². The minimum atomic E-state index is -0.0644. The molecular weight excluding hydrogens is 242 g/mol. The Morgan fingerprint density at radius 1 is 1.05 bits per heavy atom. The summed E-state index contributed by atoms with van der Waals surface area (Å²) in [6.45, 7) is 6.11. The maximum Gasteiger partial charge on any atom is 0.239 e. The molecule has 0 aliphatic heterocycles. The highest BCUT2D eigenvalue weighted by atomic mass is 16.2. The second kappa shape index (κ2) is 10.8. The van der Waals surface area contributed by atoms with Gasteiger partial charge in [0.05, 0.1) is 6.54 Å². The van der Waals surface area contributed by atoms with Crippen LogP contribution in [0.15, 0.2) is 0 Å². The molecule has 0 radical (unpaired) electrons. The fraction of sp³-hybridized carbons (Fsp3) is 0.857. The molecule has 2 amide bonds. The number of unbranched alkanes of at least 4 members (excludes halogenated alkanes) is 2. The van der Waals surface area contributed by atoms with E-state index in [2.05, 4.69) is 17.1 Å². The molecular formula is C14H29N3O2. The van der Waals surface area contributed by atoms with Crippen molar-refractivity contribution < 1.29 is 9.59 Å². The third kappa shape index (κ3) is 10.5. The normalized spacial score (nSPS) is 10.6. The van der Waals surface area contributed by atoms with Crippen LogP contribution in [0.5, 0.6) is 0 Å². The molecule has 5 nitrogen and oxygen atoms in total. The maximum atomic E-state index is 11.7. The van der Waals surface area contributed by atoms with E-state index in [-0.39, 0.29) is 18.4 Å². The third-order valence-corrected chi connectivity index (χ3v) is 2.92. The summed E-state index contributed by atoms with van der Waals surface area (Å²) in [6, 6.07) is 0. The minimum absolute atomic E-state index is 0.0282. The van der Waals surface area contributed by atoms with Gasteiger partial charge in [0, 0.05) is 20.0 Å². The molecule has 0 aliphatic carbocycles. The summed E-state index contributed by atoms with van der Waals surface area (Å²) in [7, 11) is 4.01. The zero-order valence-corrected chi connectivity index (χ0v) is 12.9. The number of hydrogen-bond donors (Lipinski definition) is 1. The van der Waals surface area contributed by atoms with E-state index in [1.165, 1.54) is 6.92 Å². The predicted molar refractivity (Wildman–Crippen MR) is 78.0 cm³/mol. The van der Waals surface area contributed by atoms with Crippen molar-refractivity contribution in [2.24, 2.45) is 0 Å². The van der Waals surface area contributed by atoms with Crippen LogP contribution < -0.4 is 5.32 Å². The van der Waals surface area contributed by atoms with Crippen molar-refractivity contribution in [1.29, 1.82) is 0 Å². The fourth-order valence-electron chi connectivity index (χ4n) is 1.75. The van der Waals surface area contributed by atoms with Gasteiger partial charge in [-0.2, -0.15) is 0 Å². The summed E-state index contributed by atoms with van der Waals surface area (Å²) in [6.07, 6.45) is 4.09. The quantitative estimate of drug-likeness (QED) is 0.605. The molecule has 112 valence electrons. The molecule has 0 aliphatic rings. The SMILES string of the molecule is CCCCCN(CC(=O)NCCCN(C)C)C(C)=O. The van der Waals surface area contributed by atoms with E-state index in [0.29, 0.717) is 13.1 Å². The van der Waals surface area contributed by atoms with E-state index in [4.69, 9.17) is 0 Å². The van der Waals surface area contributed by atoms with E-state index in [1.54, 1.807) is 4.90 Å². The van der Waals surface area contributed by atoms with Crippen molar-refractivity contribution in [2.75, 3.05) is 40.3 Å². The van der Waals surface area contributed by atoms with Crippen molar-refractivity contribution >= 4 is 11.8 Å². The van der Waals surface area contributed by atoms with Crippen LogP contribution in [0.3, 0.4) is 0 Å². The van der Waals surface area contributed by atoms with Crippen LogP contribution in [0, 0.1) is 0 Å². The monoisotopic (exact) mass is 271 g/mol. The molecule has 0 unspecified atom stereocenters. The van der Waals surface area contributed by atoms with E-state index in [1.807, 2.05) is 14.1 Å². The van der Waals surface area contributed by atoms with Gasteiger partial charge in [0.1, 0.15) is 0 Å². The van der Waals surface area contributed by atoms with E-state index in [9.17, 15) is 9.59 Å². The van der Waals surface area contributed by atoms with Crippen LogP contribution >= 0.6 is 0 Å². The Morgan fingerprint density at radius 2 is 1.74 bits per heavy atom. The molecule has 19 heavy (non-hydrogen) atoms. The van der Waals surface area contributed by atoms with Crippen LogP contribution in [-0.4, -0.2) is 61.9 Å². The molecule has 0 saturated carbocycles. The number of hydrogen-bond acceptors (Lipinski definition) is 3. The first-order chi connectivity index (χ1) is 8.97. The van der Waals surface area contributed by atoms with Crippen molar-refractivity contribution in [3.8, 4) is 0 Å². The van der Waals surface area contributed by atoms with Gasteiger partial charge in [-0.1, -0.05) is 19.8 Å². The van der Waals surface area contributed by atoms with Crippen LogP contribution in [0.2, 0.25) is 0 Å². The average Bonchev–Trinajstić information content (AvgIpc) is 2.33. The minimum Gasteiger partial charge on any atom is -0.355 e. The van der Waals surface area contributed by atoms with E-state index >= 15 is 0 Å². The maximum absolute atomic E-state index is 11.7. The zero-order chi connectivity index (χ0) is 14.7. The number of carbonyl (C=O) groups is 2. The van der Waals surface area contributed by atoms with Crippen molar-refractivity contribution in [1.82, 2.24) is 15.1 Å². The molecule has 0 fully saturated rings. The summed E-state index contributed by atoms with van der Waals surface area (Å²) in [4.78, 5) is 26.9. The molecule has 1 N–H and O–H groups in total. The Kier molecular flexibility index (Phi) is 10.2. The van der Waals surface area contributed by atoms with Crippen molar-refractivity contribution in [2.45, 2.75) is 39.5 Å². The molecule has 0 bridgehead atoms. The number of rotatable bonds is 10. The van der Waals surface area contributed by atoms with Crippen LogP contribution in [0.1, 0.15) is 39.5 Å². The first kappa shape index (κ1) is 17.9. The van der Waals surface area contributed by atoms with Crippen LogP contribution in [0.4, 0.5) is 0 Å². The zero-order valence-electron chi connectivity index (χ0n) is 12.9. The highest BCUT2D eigenvalue weighted by Crippen LogP contribution is 1.98. The standard InChI is InChI=1S/C14H29N3O2/c1-5-6-7-11-17(13(2)18)12-14(19)15-9-8-10-16(3)4/h5-12H2,1-4H3,(H,15,19). The average molecular weight is 271 g/mol. The Bertz CT molecular complexity index is 267. The largest absolute Gasteiger partial charge is 0.355 e. The topological polar surface area (TPSA) is 52.7 Å². The van der Waals surface area contributed by atoms with Gasteiger partial charge < -0.3 is 15.1 Å². The highest BCUT2D eigenvalue weighted by molar-refractivity contribution is 5.83. The lowest BCUT2D eigenvalue weighted by atomic mass is 10.2.